The summed E-state index contributed by atoms with van der Waals surface area (Å²) < 4.78 is 39.1. The van der Waals surface area contributed by atoms with E-state index in [1.165, 1.54) is 12.1 Å². The molecule has 22 heavy (non-hydrogen) atoms. The summed E-state index contributed by atoms with van der Waals surface area (Å²) in [6, 6.07) is 2.32. The van der Waals surface area contributed by atoms with Crippen LogP contribution in [0.25, 0.3) is 6.08 Å². The molecule has 0 bridgehead atoms. The molecule has 0 spiro atoms. The van der Waals surface area contributed by atoms with Crippen molar-refractivity contribution in [2.24, 2.45) is 0 Å². The topological polar surface area (TPSA) is 44.5 Å². The predicted molar refractivity (Wildman–Crippen MR) is 88.7 cm³/mol. The summed E-state index contributed by atoms with van der Waals surface area (Å²) >= 11 is 4.24. The highest BCUT2D eigenvalue weighted by Gasteiger charge is 2.52. The van der Waals surface area contributed by atoms with E-state index in [-0.39, 0.29) is 17.0 Å². The molecule has 2 N–H and O–H groups in total. The Hall–Kier alpha value is -1.05. The minimum absolute atomic E-state index is 0.0150. The van der Waals surface area contributed by atoms with E-state index in [1.807, 2.05) is 27.7 Å². The molecule has 1 heterocycles. The third-order valence-electron chi connectivity index (χ3n) is 4.23. The maximum atomic E-state index is 13.9. The molecule has 0 aliphatic carbocycles. The van der Waals surface area contributed by atoms with Crippen LogP contribution in [0.3, 0.4) is 0 Å². The van der Waals surface area contributed by atoms with Gasteiger partial charge in [-0.1, -0.05) is 6.08 Å². The number of hydrogen-bond donors (Lipinski definition) is 2. The summed E-state index contributed by atoms with van der Waals surface area (Å²) in [6.45, 7) is 7.67. The van der Waals surface area contributed by atoms with E-state index in [2.05, 4.69) is 12.6 Å². The fourth-order valence-corrected chi connectivity index (χ4v) is 2.34. The third kappa shape index (κ3) is 3.02. The zero-order chi connectivity index (χ0) is 16.7. The summed E-state index contributed by atoms with van der Waals surface area (Å²) in [4.78, 5) is 0. The molecule has 1 aliphatic heterocycles. The minimum Gasteiger partial charge on any atom is -0.400 e. The van der Waals surface area contributed by atoms with Gasteiger partial charge in [-0.3, -0.25) is 0 Å². The number of nitrogens with two attached hydrogens (primary N) is 1. The van der Waals surface area contributed by atoms with Crippen molar-refractivity contribution in [3.63, 3.8) is 0 Å². The van der Waals surface area contributed by atoms with Gasteiger partial charge in [-0.2, -0.15) is 12.6 Å². The van der Waals surface area contributed by atoms with E-state index in [9.17, 15) is 8.78 Å². The molecular formula is C15H20BF2NO2S. The fraction of sp³-hybridized carbons (Fsp3) is 0.467. The van der Waals surface area contributed by atoms with Crippen LogP contribution in [-0.2, 0) is 9.31 Å². The predicted octanol–water partition coefficient (Wildman–Crippen LogP) is 3.49. The van der Waals surface area contributed by atoms with Crippen LogP contribution in [0.2, 0.25) is 0 Å². The first-order valence-corrected chi connectivity index (χ1v) is 7.63. The van der Waals surface area contributed by atoms with Crippen molar-refractivity contribution in [1.29, 1.82) is 0 Å². The monoisotopic (exact) mass is 327 g/mol. The average molecular weight is 327 g/mol. The second-order valence-electron chi connectivity index (χ2n) is 6.33. The van der Waals surface area contributed by atoms with E-state index in [4.69, 9.17) is 15.0 Å². The highest BCUT2D eigenvalue weighted by atomic mass is 32.1. The third-order valence-corrected chi connectivity index (χ3v) is 4.60. The maximum absolute atomic E-state index is 13.9. The molecule has 1 aliphatic rings. The van der Waals surface area contributed by atoms with Crippen molar-refractivity contribution >= 4 is 31.5 Å². The molecule has 1 aromatic carbocycles. The van der Waals surface area contributed by atoms with Gasteiger partial charge in [0, 0.05) is 17.0 Å². The number of halogens is 2. The molecule has 2 rings (SSSR count). The number of thiol groups is 1. The molecule has 7 heteroatoms. The molecule has 0 radical (unpaired) electrons. The van der Waals surface area contributed by atoms with Crippen LogP contribution < -0.4 is 5.73 Å². The van der Waals surface area contributed by atoms with E-state index in [1.54, 1.807) is 0 Å². The van der Waals surface area contributed by atoms with E-state index in [0.717, 1.165) is 6.07 Å². The van der Waals surface area contributed by atoms with Gasteiger partial charge < -0.3 is 15.0 Å². The van der Waals surface area contributed by atoms with Crippen molar-refractivity contribution in [1.82, 2.24) is 0 Å². The van der Waals surface area contributed by atoms with Crippen molar-refractivity contribution in [3.05, 3.63) is 34.8 Å². The number of hydrogen-bond acceptors (Lipinski definition) is 4. The van der Waals surface area contributed by atoms with Crippen LogP contribution in [-0.4, -0.2) is 24.1 Å². The van der Waals surface area contributed by atoms with Gasteiger partial charge in [0.05, 0.1) is 11.2 Å². The molecule has 3 nitrogen and oxygen atoms in total. The summed E-state index contributed by atoms with van der Waals surface area (Å²) in [7, 11) is -0.676. The minimum atomic E-state index is -0.990. The Morgan fingerprint density at radius 3 is 2.27 bits per heavy atom. The lowest BCUT2D eigenvalue weighted by Gasteiger charge is -2.32. The molecular weight excluding hydrogens is 307 g/mol. The molecule has 1 fully saturated rings. The number of benzene rings is 1. The number of rotatable bonds is 3. The van der Waals surface area contributed by atoms with Crippen LogP contribution in [0, 0.1) is 11.6 Å². The van der Waals surface area contributed by atoms with Crippen molar-refractivity contribution in [2.75, 3.05) is 11.5 Å². The zero-order valence-corrected chi connectivity index (χ0v) is 14.0. The Kier molecular flexibility index (Phi) is 4.62. The summed E-state index contributed by atoms with van der Waals surface area (Å²) in [5, 5.41) is 0. The standard InChI is InChI=1S/C15H20BF2NO2S/c1-14(2)15(3,4)21-16(20-14)9(8-22)7-10-12(19)6-5-11(17)13(10)18/h5-7,22H,8,19H2,1-4H3. The maximum Gasteiger partial charge on any atom is 0.491 e. The molecule has 0 amide bonds. The van der Waals surface area contributed by atoms with Gasteiger partial charge in [0.1, 0.15) is 0 Å². The Labute approximate surface area is 135 Å². The Morgan fingerprint density at radius 1 is 1.23 bits per heavy atom. The van der Waals surface area contributed by atoms with Gasteiger partial charge in [-0.05, 0) is 45.3 Å². The zero-order valence-electron chi connectivity index (χ0n) is 13.1. The molecule has 1 aromatic rings. The van der Waals surface area contributed by atoms with Crippen LogP contribution in [0.4, 0.5) is 14.5 Å². The van der Waals surface area contributed by atoms with Gasteiger partial charge in [0.25, 0.3) is 0 Å². The van der Waals surface area contributed by atoms with Crippen LogP contribution in [0.5, 0.6) is 0 Å². The molecule has 120 valence electrons. The fourth-order valence-electron chi connectivity index (χ4n) is 2.10. The normalized spacial score (nSPS) is 20.5. The van der Waals surface area contributed by atoms with E-state index < -0.39 is 30.0 Å². The molecule has 0 atom stereocenters. The molecule has 0 aromatic heterocycles. The first kappa shape index (κ1) is 17.3. The molecule has 0 saturated carbocycles. The Morgan fingerprint density at radius 2 is 1.77 bits per heavy atom. The van der Waals surface area contributed by atoms with Crippen molar-refractivity contribution in [3.8, 4) is 0 Å². The lowest BCUT2D eigenvalue weighted by molar-refractivity contribution is 0.00578. The van der Waals surface area contributed by atoms with Crippen LogP contribution in [0.1, 0.15) is 33.3 Å². The van der Waals surface area contributed by atoms with E-state index in [0.29, 0.717) is 5.47 Å². The number of anilines is 1. The van der Waals surface area contributed by atoms with Gasteiger partial charge >= 0.3 is 7.12 Å². The van der Waals surface area contributed by atoms with Gasteiger partial charge in [0.2, 0.25) is 0 Å². The quantitative estimate of drug-likeness (QED) is 0.507. The summed E-state index contributed by atoms with van der Waals surface area (Å²) in [5.41, 5.74) is 5.41. The smallest absolute Gasteiger partial charge is 0.400 e. The highest BCUT2D eigenvalue weighted by molar-refractivity contribution is 7.80. The summed E-state index contributed by atoms with van der Waals surface area (Å²) in [5.74, 6) is -1.67. The first-order chi connectivity index (χ1) is 10.1. The SMILES string of the molecule is CC1(C)OB(C(=Cc2c(N)ccc(F)c2F)CS)OC1(C)C. The highest BCUT2D eigenvalue weighted by Crippen LogP contribution is 2.39. The summed E-state index contributed by atoms with van der Waals surface area (Å²) in [6.07, 6.45) is 1.45. The molecule has 1 saturated heterocycles. The van der Waals surface area contributed by atoms with Gasteiger partial charge in [-0.15, -0.1) is 0 Å². The number of nitrogen functional groups attached to an aromatic ring is 1. The largest absolute Gasteiger partial charge is 0.491 e. The molecule has 0 unspecified atom stereocenters. The van der Waals surface area contributed by atoms with E-state index >= 15 is 0 Å². The Bertz CT molecular complexity index is 604. The van der Waals surface area contributed by atoms with Crippen molar-refractivity contribution in [2.45, 2.75) is 38.9 Å². The van der Waals surface area contributed by atoms with Crippen molar-refractivity contribution < 1.29 is 18.1 Å². The Balaban J connectivity index is 2.40. The second-order valence-corrected chi connectivity index (χ2v) is 6.65. The van der Waals surface area contributed by atoms with Gasteiger partial charge in [-0.25, -0.2) is 8.78 Å². The first-order valence-electron chi connectivity index (χ1n) is 6.99. The lowest BCUT2D eigenvalue weighted by Crippen LogP contribution is -2.41. The second kappa shape index (κ2) is 5.87. The van der Waals surface area contributed by atoms with Crippen LogP contribution >= 0.6 is 12.6 Å². The lowest BCUT2D eigenvalue weighted by atomic mass is 9.78. The van der Waals surface area contributed by atoms with Crippen LogP contribution in [0.15, 0.2) is 17.6 Å². The van der Waals surface area contributed by atoms with Gasteiger partial charge in [0.15, 0.2) is 11.6 Å². The average Bonchev–Trinajstić information content (AvgIpc) is 2.63.